The minimum Gasteiger partial charge on any atom is -0.368 e. The Morgan fingerprint density at radius 3 is 2.80 bits per heavy atom. The van der Waals surface area contributed by atoms with Crippen LogP contribution in [0.3, 0.4) is 0 Å². The monoisotopic (exact) mass is 290 g/mol. The summed E-state index contributed by atoms with van der Waals surface area (Å²) in [4.78, 5) is 22.2. The molecule has 0 radical (unpaired) electrons. The van der Waals surface area contributed by atoms with E-state index in [1.165, 1.54) is 0 Å². The van der Waals surface area contributed by atoms with Crippen LogP contribution in [-0.4, -0.2) is 27.8 Å². The van der Waals surface area contributed by atoms with Gasteiger partial charge in [0.05, 0.1) is 0 Å². The average Bonchev–Trinajstić information content (AvgIpc) is 2.89. The lowest BCUT2D eigenvalue weighted by molar-refractivity contribution is 0.0779. The number of aromatic nitrogens is 2. The Morgan fingerprint density at radius 1 is 1.45 bits per heavy atom. The molecule has 0 fully saturated rings. The maximum absolute atomic E-state index is 12.4. The van der Waals surface area contributed by atoms with Gasteiger partial charge in [-0.2, -0.15) is 11.3 Å². The molecule has 2 aromatic rings. The first-order chi connectivity index (χ1) is 9.47. The van der Waals surface area contributed by atoms with Gasteiger partial charge in [0.25, 0.3) is 5.91 Å². The number of nitrogen functional groups attached to an aromatic ring is 1. The van der Waals surface area contributed by atoms with E-state index in [4.69, 9.17) is 5.73 Å². The number of rotatable bonds is 4. The summed E-state index contributed by atoms with van der Waals surface area (Å²) in [6.45, 7) is 4.57. The SMILES string of the molecule is CC(C)c1cc(C(=O)N(C)Cc2ccsc2)nc(N)n1. The summed E-state index contributed by atoms with van der Waals surface area (Å²) in [7, 11) is 1.76. The molecule has 5 nitrogen and oxygen atoms in total. The van der Waals surface area contributed by atoms with Gasteiger partial charge in [0.2, 0.25) is 5.95 Å². The van der Waals surface area contributed by atoms with Crippen LogP contribution in [0.25, 0.3) is 0 Å². The number of hydrogen-bond donors (Lipinski definition) is 1. The Bertz CT molecular complexity index is 595. The van der Waals surface area contributed by atoms with E-state index >= 15 is 0 Å². The van der Waals surface area contributed by atoms with E-state index in [1.54, 1.807) is 29.4 Å². The van der Waals surface area contributed by atoms with Crippen molar-refractivity contribution < 1.29 is 4.79 Å². The summed E-state index contributed by atoms with van der Waals surface area (Å²) in [6, 6.07) is 3.72. The molecule has 2 N–H and O–H groups in total. The molecule has 0 aromatic carbocycles. The van der Waals surface area contributed by atoms with E-state index < -0.39 is 0 Å². The quantitative estimate of drug-likeness (QED) is 0.939. The van der Waals surface area contributed by atoms with Crippen LogP contribution in [0.1, 0.15) is 41.5 Å². The Hall–Kier alpha value is -1.95. The molecule has 0 unspecified atom stereocenters. The first-order valence-corrected chi connectivity index (χ1v) is 7.32. The van der Waals surface area contributed by atoms with Gasteiger partial charge in [-0.3, -0.25) is 4.79 Å². The fraction of sp³-hybridized carbons (Fsp3) is 0.357. The molecule has 0 aliphatic rings. The van der Waals surface area contributed by atoms with Gasteiger partial charge in [-0.05, 0) is 34.4 Å². The molecule has 0 spiro atoms. The third-order valence-electron chi connectivity index (χ3n) is 2.92. The fourth-order valence-corrected chi connectivity index (χ4v) is 2.47. The van der Waals surface area contributed by atoms with Crippen molar-refractivity contribution >= 4 is 23.2 Å². The van der Waals surface area contributed by atoms with Gasteiger partial charge in [-0.15, -0.1) is 0 Å². The minimum absolute atomic E-state index is 0.142. The van der Waals surface area contributed by atoms with Crippen LogP contribution in [0.4, 0.5) is 5.95 Å². The maximum Gasteiger partial charge on any atom is 0.272 e. The molecule has 2 rings (SSSR count). The van der Waals surface area contributed by atoms with Gasteiger partial charge in [-0.25, -0.2) is 9.97 Å². The van der Waals surface area contributed by atoms with Crippen LogP contribution in [-0.2, 0) is 6.54 Å². The van der Waals surface area contributed by atoms with Crippen LogP contribution in [0.2, 0.25) is 0 Å². The predicted octanol–water partition coefficient (Wildman–Crippen LogP) is 2.52. The van der Waals surface area contributed by atoms with Gasteiger partial charge in [0.1, 0.15) is 5.69 Å². The Labute approximate surface area is 122 Å². The van der Waals surface area contributed by atoms with E-state index in [2.05, 4.69) is 9.97 Å². The molecule has 20 heavy (non-hydrogen) atoms. The zero-order valence-corrected chi connectivity index (χ0v) is 12.6. The number of nitrogens with two attached hydrogens (primary N) is 1. The summed E-state index contributed by atoms with van der Waals surface area (Å²) < 4.78 is 0. The van der Waals surface area contributed by atoms with Crippen molar-refractivity contribution in [1.29, 1.82) is 0 Å². The van der Waals surface area contributed by atoms with Crippen molar-refractivity contribution in [2.24, 2.45) is 0 Å². The van der Waals surface area contributed by atoms with Crippen LogP contribution in [0, 0.1) is 0 Å². The summed E-state index contributed by atoms with van der Waals surface area (Å²) in [6.07, 6.45) is 0. The molecule has 0 aliphatic heterocycles. The molecule has 0 saturated carbocycles. The number of thiophene rings is 1. The molecule has 0 aliphatic carbocycles. The standard InChI is InChI=1S/C14H18N4OS/c1-9(2)11-6-12(17-14(15)16-11)13(19)18(3)7-10-4-5-20-8-10/h4-6,8-9H,7H2,1-3H3,(H2,15,16,17). The number of carbonyl (C=O) groups is 1. The second-order valence-corrected chi connectivity index (χ2v) is 5.76. The molecule has 106 valence electrons. The van der Waals surface area contributed by atoms with Gasteiger partial charge in [0.15, 0.2) is 0 Å². The second-order valence-electron chi connectivity index (χ2n) is 4.98. The first-order valence-electron chi connectivity index (χ1n) is 6.38. The van der Waals surface area contributed by atoms with E-state index in [0.717, 1.165) is 11.3 Å². The van der Waals surface area contributed by atoms with E-state index in [9.17, 15) is 4.79 Å². The van der Waals surface area contributed by atoms with Crippen LogP contribution < -0.4 is 5.73 Å². The molecule has 1 amide bonds. The van der Waals surface area contributed by atoms with E-state index in [1.807, 2.05) is 30.7 Å². The van der Waals surface area contributed by atoms with E-state index in [-0.39, 0.29) is 17.8 Å². The third-order valence-corrected chi connectivity index (χ3v) is 3.65. The number of anilines is 1. The van der Waals surface area contributed by atoms with Crippen molar-refractivity contribution in [3.05, 3.63) is 39.8 Å². The topological polar surface area (TPSA) is 72.1 Å². The van der Waals surface area contributed by atoms with Crippen molar-refractivity contribution in [1.82, 2.24) is 14.9 Å². The first kappa shape index (κ1) is 14.5. The number of hydrogen-bond acceptors (Lipinski definition) is 5. The molecular formula is C14H18N4OS. The summed E-state index contributed by atoms with van der Waals surface area (Å²) >= 11 is 1.61. The zero-order chi connectivity index (χ0) is 14.7. The smallest absolute Gasteiger partial charge is 0.272 e. The normalized spacial score (nSPS) is 10.8. The predicted molar refractivity (Wildman–Crippen MR) is 80.6 cm³/mol. The Balaban J connectivity index is 2.19. The molecule has 2 aromatic heterocycles. The molecule has 0 atom stereocenters. The Kier molecular flexibility index (Phi) is 4.34. The van der Waals surface area contributed by atoms with Crippen molar-refractivity contribution in [2.45, 2.75) is 26.3 Å². The molecular weight excluding hydrogens is 272 g/mol. The third kappa shape index (κ3) is 3.33. The van der Waals surface area contributed by atoms with Gasteiger partial charge in [-0.1, -0.05) is 13.8 Å². The highest BCUT2D eigenvalue weighted by molar-refractivity contribution is 7.07. The van der Waals surface area contributed by atoms with Gasteiger partial charge >= 0.3 is 0 Å². The second kappa shape index (κ2) is 6.00. The van der Waals surface area contributed by atoms with Gasteiger partial charge in [0, 0.05) is 19.3 Å². The van der Waals surface area contributed by atoms with Crippen molar-refractivity contribution in [2.75, 3.05) is 12.8 Å². The van der Waals surface area contributed by atoms with Crippen LogP contribution >= 0.6 is 11.3 Å². The van der Waals surface area contributed by atoms with Crippen molar-refractivity contribution in [3.8, 4) is 0 Å². The van der Waals surface area contributed by atoms with Crippen molar-refractivity contribution in [3.63, 3.8) is 0 Å². The lowest BCUT2D eigenvalue weighted by Crippen LogP contribution is -2.27. The number of amides is 1. The maximum atomic E-state index is 12.4. The average molecular weight is 290 g/mol. The highest BCUT2D eigenvalue weighted by Crippen LogP contribution is 2.16. The minimum atomic E-state index is -0.146. The highest BCUT2D eigenvalue weighted by atomic mass is 32.1. The summed E-state index contributed by atoms with van der Waals surface area (Å²) in [5.74, 6) is 0.199. The zero-order valence-electron chi connectivity index (χ0n) is 11.8. The molecule has 0 saturated heterocycles. The highest BCUT2D eigenvalue weighted by Gasteiger charge is 2.16. The summed E-state index contributed by atoms with van der Waals surface area (Å²) in [5, 5.41) is 4.02. The molecule has 2 heterocycles. The molecule has 6 heteroatoms. The summed E-state index contributed by atoms with van der Waals surface area (Å²) in [5.41, 5.74) is 7.92. The Morgan fingerprint density at radius 2 is 2.20 bits per heavy atom. The fourth-order valence-electron chi connectivity index (χ4n) is 1.81. The molecule has 0 bridgehead atoms. The number of carbonyl (C=O) groups excluding carboxylic acids is 1. The largest absolute Gasteiger partial charge is 0.368 e. The van der Waals surface area contributed by atoms with Gasteiger partial charge < -0.3 is 10.6 Å². The lowest BCUT2D eigenvalue weighted by Gasteiger charge is -2.17. The van der Waals surface area contributed by atoms with Crippen LogP contribution in [0.15, 0.2) is 22.9 Å². The lowest BCUT2D eigenvalue weighted by atomic mass is 10.1. The van der Waals surface area contributed by atoms with E-state index in [0.29, 0.717) is 12.2 Å². The number of nitrogens with zero attached hydrogens (tertiary/aromatic N) is 3. The van der Waals surface area contributed by atoms with Crippen LogP contribution in [0.5, 0.6) is 0 Å².